The summed E-state index contributed by atoms with van der Waals surface area (Å²) >= 11 is 5.11. The Morgan fingerprint density at radius 1 is 1.28 bits per heavy atom. The van der Waals surface area contributed by atoms with Crippen LogP contribution >= 0.6 is 12.2 Å². The van der Waals surface area contributed by atoms with Crippen molar-refractivity contribution in [2.24, 2.45) is 5.73 Å². The number of benzene rings is 1. The van der Waals surface area contributed by atoms with Gasteiger partial charge in [-0.05, 0) is 12.1 Å². The van der Waals surface area contributed by atoms with E-state index in [9.17, 15) is 0 Å². The highest BCUT2D eigenvalue weighted by Crippen LogP contribution is 2.24. The maximum atomic E-state index is 5.78. The van der Waals surface area contributed by atoms with Gasteiger partial charge in [0.25, 0.3) is 0 Å². The Kier molecular flexibility index (Phi) is 2.76. The quantitative estimate of drug-likeness (QED) is 0.830. The van der Waals surface area contributed by atoms with Crippen molar-refractivity contribution in [3.05, 3.63) is 48.0 Å². The van der Waals surface area contributed by atoms with Crippen LogP contribution < -0.4 is 10.6 Å². The SMILES string of the molecule is NC(=S)c1ccccc1N1CCn2ccnc2C1. The molecule has 92 valence electrons. The third kappa shape index (κ3) is 1.86. The average Bonchev–Trinajstić information content (AvgIpc) is 2.85. The molecule has 1 aromatic carbocycles. The van der Waals surface area contributed by atoms with Crippen molar-refractivity contribution in [2.75, 3.05) is 11.4 Å². The molecule has 0 amide bonds. The second-order valence-electron chi connectivity index (χ2n) is 4.34. The number of para-hydroxylation sites is 1. The predicted octanol–water partition coefficient (Wildman–Crippen LogP) is 1.54. The highest BCUT2D eigenvalue weighted by Gasteiger charge is 2.19. The first-order valence-electron chi connectivity index (χ1n) is 5.89. The molecule has 2 heterocycles. The zero-order valence-corrected chi connectivity index (χ0v) is 10.7. The molecule has 3 rings (SSSR count). The number of anilines is 1. The maximum absolute atomic E-state index is 5.78. The van der Waals surface area contributed by atoms with Crippen LogP contribution in [-0.4, -0.2) is 21.1 Å². The smallest absolute Gasteiger partial charge is 0.128 e. The molecule has 18 heavy (non-hydrogen) atoms. The lowest BCUT2D eigenvalue weighted by molar-refractivity contribution is 0.560. The van der Waals surface area contributed by atoms with E-state index in [0.29, 0.717) is 4.99 Å². The van der Waals surface area contributed by atoms with Crippen LogP contribution in [0, 0.1) is 0 Å². The van der Waals surface area contributed by atoms with E-state index in [1.54, 1.807) is 0 Å². The van der Waals surface area contributed by atoms with Crippen LogP contribution in [0.4, 0.5) is 5.69 Å². The van der Waals surface area contributed by atoms with Crippen LogP contribution in [0.15, 0.2) is 36.7 Å². The second-order valence-corrected chi connectivity index (χ2v) is 4.78. The fourth-order valence-electron chi connectivity index (χ4n) is 2.34. The van der Waals surface area contributed by atoms with Gasteiger partial charge in [0, 0.05) is 36.7 Å². The van der Waals surface area contributed by atoms with Gasteiger partial charge in [0.15, 0.2) is 0 Å². The normalized spacial score (nSPS) is 14.3. The van der Waals surface area contributed by atoms with E-state index in [1.807, 2.05) is 30.6 Å². The summed E-state index contributed by atoms with van der Waals surface area (Å²) in [5, 5.41) is 0. The third-order valence-electron chi connectivity index (χ3n) is 3.26. The van der Waals surface area contributed by atoms with Crippen molar-refractivity contribution in [1.29, 1.82) is 0 Å². The molecule has 1 aliphatic rings. The Hall–Kier alpha value is -1.88. The number of hydrogen-bond acceptors (Lipinski definition) is 3. The summed E-state index contributed by atoms with van der Waals surface area (Å²) in [5.41, 5.74) is 7.81. The number of hydrogen-bond donors (Lipinski definition) is 1. The molecule has 0 bridgehead atoms. The Labute approximate surface area is 111 Å². The van der Waals surface area contributed by atoms with E-state index in [0.717, 1.165) is 36.7 Å². The molecule has 2 aromatic rings. The first kappa shape index (κ1) is 11.2. The minimum Gasteiger partial charge on any atom is -0.389 e. The summed E-state index contributed by atoms with van der Waals surface area (Å²) in [4.78, 5) is 7.08. The van der Waals surface area contributed by atoms with Gasteiger partial charge in [-0.15, -0.1) is 0 Å². The van der Waals surface area contributed by atoms with Gasteiger partial charge in [-0.25, -0.2) is 4.98 Å². The van der Waals surface area contributed by atoms with E-state index >= 15 is 0 Å². The largest absolute Gasteiger partial charge is 0.389 e. The Morgan fingerprint density at radius 2 is 2.11 bits per heavy atom. The minimum absolute atomic E-state index is 0.444. The highest BCUT2D eigenvalue weighted by atomic mass is 32.1. The van der Waals surface area contributed by atoms with Gasteiger partial charge in [0.2, 0.25) is 0 Å². The third-order valence-corrected chi connectivity index (χ3v) is 3.47. The number of fused-ring (bicyclic) bond motifs is 1. The van der Waals surface area contributed by atoms with Crippen LogP contribution in [0.25, 0.3) is 0 Å². The molecule has 0 unspecified atom stereocenters. The molecular weight excluding hydrogens is 244 g/mol. The van der Waals surface area contributed by atoms with Crippen molar-refractivity contribution in [3.8, 4) is 0 Å². The number of rotatable bonds is 2. The first-order valence-corrected chi connectivity index (χ1v) is 6.30. The zero-order chi connectivity index (χ0) is 12.5. The molecule has 1 aliphatic heterocycles. The number of aromatic nitrogens is 2. The van der Waals surface area contributed by atoms with E-state index in [1.165, 1.54) is 0 Å². The summed E-state index contributed by atoms with van der Waals surface area (Å²) in [6, 6.07) is 8.01. The molecule has 0 aliphatic carbocycles. The Balaban J connectivity index is 1.95. The highest BCUT2D eigenvalue weighted by molar-refractivity contribution is 7.80. The van der Waals surface area contributed by atoms with Gasteiger partial charge in [-0.1, -0.05) is 24.4 Å². The van der Waals surface area contributed by atoms with Crippen LogP contribution in [0.1, 0.15) is 11.4 Å². The van der Waals surface area contributed by atoms with E-state index < -0.39 is 0 Å². The molecule has 0 radical (unpaired) electrons. The van der Waals surface area contributed by atoms with Gasteiger partial charge in [-0.2, -0.15) is 0 Å². The summed E-state index contributed by atoms with van der Waals surface area (Å²) in [6.07, 6.45) is 3.87. The lowest BCUT2D eigenvalue weighted by Crippen LogP contribution is -2.34. The van der Waals surface area contributed by atoms with Crippen LogP contribution in [-0.2, 0) is 13.1 Å². The molecular formula is C13H14N4S. The topological polar surface area (TPSA) is 47.1 Å². The van der Waals surface area contributed by atoms with Crippen molar-refractivity contribution in [3.63, 3.8) is 0 Å². The zero-order valence-electron chi connectivity index (χ0n) is 9.91. The van der Waals surface area contributed by atoms with Crippen molar-refractivity contribution >= 4 is 22.9 Å². The Morgan fingerprint density at radius 3 is 2.94 bits per heavy atom. The molecule has 0 saturated carbocycles. The minimum atomic E-state index is 0.444. The van der Waals surface area contributed by atoms with Crippen molar-refractivity contribution in [1.82, 2.24) is 9.55 Å². The lowest BCUT2D eigenvalue weighted by Gasteiger charge is -2.31. The summed E-state index contributed by atoms with van der Waals surface area (Å²) in [6.45, 7) is 2.69. The summed E-state index contributed by atoms with van der Waals surface area (Å²) in [7, 11) is 0. The van der Waals surface area contributed by atoms with E-state index in [4.69, 9.17) is 18.0 Å². The van der Waals surface area contributed by atoms with Gasteiger partial charge < -0.3 is 15.2 Å². The van der Waals surface area contributed by atoms with Gasteiger partial charge in [0.05, 0.1) is 6.54 Å². The van der Waals surface area contributed by atoms with Crippen molar-refractivity contribution < 1.29 is 0 Å². The van der Waals surface area contributed by atoms with E-state index in [2.05, 4.69) is 20.5 Å². The second kappa shape index (κ2) is 4.42. The van der Waals surface area contributed by atoms with Gasteiger partial charge in [-0.3, -0.25) is 0 Å². The Bertz CT molecular complexity index is 590. The summed E-state index contributed by atoms with van der Waals surface area (Å²) in [5.74, 6) is 1.08. The number of nitrogens with two attached hydrogens (primary N) is 1. The lowest BCUT2D eigenvalue weighted by atomic mass is 10.1. The molecule has 2 N–H and O–H groups in total. The molecule has 0 fully saturated rings. The van der Waals surface area contributed by atoms with Gasteiger partial charge in [0.1, 0.15) is 10.8 Å². The number of nitrogens with zero attached hydrogens (tertiary/aromatic N) is 3. The maximum Gasteiger partial charge on any atom is 0.128 e. The standard InChI is InChI=1S/C13H14N4S/c14-13(18)10-3-1-2-4-11(10)17-8-7-16-6-5-15-12(16)9-17/h1-6H,7-9H2,(H2,14,18). The first-order chi connectivity index (χ1) is 8.75. The fourth-order valence-corrected chi connectivity index (χ4v) is 2.51. The van der Waals surface area contributed by atoms with Crippen LogP contribution in [0.2, 0.25) is 0 Å². The summed E-state index contributed by atoms with van der Waals surface area (Å²) < 4.78 is 2.18. The van der Waals surface area contributed by atoms with E-state index in [-0.39, 0.29) is 0 Å². The molecule has 1 aromatic heterocycles. The van der Waals surface area contributed by atoms with Crippen molar-refractivity contribution in [2.45, 2.75) is 13.1 Å². The monoisotopic (exact) mass is 258 g/mol. The molecule has 4 nitrogen and oxygen atoms in total. The van der Waals surface area contributed by atoms with Gasteiger partial charge >= 0.3 is 0 Å². The molecule has 5 heteroatoms. The average molecular weight is 258 g/mol. The fraction of sp³-hybridized carbons (Fsp3) is 0.231. The number of imidazole rings is 1. The van der Waals surface area contributed by atoms with Crippen LogP contribution in [0.5, 0.6) is 0 Å². The van der Waals surface area contributed by atoms with Crippen LogP contribution in [0.3, 0.4) is 0 Å². The molecule has 0 spiro atoms. The molecule has 0 saturated heterocycles. The molecule has 0 atom stereocenters. The predicted molar refractivity (Wildman–Crippen MR) is 75.6 cm³/mol. The number of thiocarbonyl (C=S) groups is 1.